The molecule has 0 saturated carbocycles. The van der Waals surface area contributed by atoms with Crippen LogP contribution in [0.4, 0.5) is 0 Å². The Labute approximate surface area is 129 Å². The molecule has 0 aliphatic heterocycles. The Morgan fingerprint density at radius 1 is 1.41 bits per heavy atom. The number of aliphatic hydroxyl groups is 1. The Bertz CT molecular complexity index is 703. The maximum absolute atomic E-state index is 12.1. The summed E-state index contributed by atoms with van der Waals surface area (Å²) < 4.78 is 5.37. The minimum Gasteiger partial charge on any atom is -0.443 e. The molecule has 0 aromatic carbocycles. The molecular weight excluding hydrogens is 280 g/mol. The molecular formula is C17H18N2O3. The summed E-state index contributed by atoms with van der Waals surface area (Å²) in [7, 11) is 0. The van der Waals surface area contributed by atoms with Gasteiger partial charge >= 0.3 is 0 Å². The van der Waals surface area contributed by atoms with Gasteiger partial charge in [-0.3, -0.25) is 9.78 Å². The number of hydrogen-bond donors (Lipinski definition) is 2. The van der Waals surface area contributed by atoms with Crippen molar-refractivity contribution < 1.29 is 14.3 Å². The van der Waals surface area contributed by atoms with Gasteiger partial charge in [-0.05, 0) is 50.5 Å². The largest absolute Gasteiger partial charge is 0.443 e. The lowest BCUT2D eigenvalue weighted by Crippen LogP contribution is -2.26. The molecule has 0 fully saturated rings. The van der Waals surface area contributed by atoms with Crippen molar-refractivity contribution in [3.8, 4) is 11.8 Å². The summed E-state index contributed by atoms with van der Waals surface area (Å²) in [5.74, 6) is 5.50. The topological polar surface area (TPSA) is 75.4 Å². The van der Waals surface area contributed by atoms with Gasteiger partial charge in [0.1, 0.15) is 5.60 Å². The molecule has 114 valence electrons. The van der Waals surface area contributed by atoms with Crippen molar-refractivity contribution in [1.82, 2.24) is 10.3 Å². The SMILES string of the molecule is CC(NC(=O)c1ccc(C#CC(C)(C)O)o1)c1cccnc1. The van der Waals surface area contributed by atoms with Crippen molar-refractivity contribution in [3.63, 3.8) is 0 Å². The van der Waals surface area contributed by atoms with Crippen molar-refractivity contribution in [1.29, 1.82) is 0 Å². The molecule has 5 nitrogen and oxygen atoms in total. The first kappa shape index (κ1) is 15.8. The average molecular weight is 298 g/mol. The summed E-state index contributed by atoms with van der Waals surface area (Å²) >= 11 is 0. The molecule has 2 rings (SSSR count). The highest BCUT2D eigenvalue weighted by atomic mass is 16.3. The van der Waals surface area contributed by atoms with Gasteiger partial charge in [-0.1, -0.05) is 12.0 Å². The molecule has 1 amide bonds. The van der Waals surface area contributed by atoms with Gasteiger partial charge in [0.25, 0.3) is 5.91 Å². The highest BCUT2D eigenvalue weighted by Gasteiger charge is 2.15. The van der Waals surface area contributed by atoms with E-state index in [1.165, 1.54) is 0 Å². The van der Waals surface area contributed by atoms with E-state index in [1.54, 1.807) is 38.4 Å². The molecule has 1 atom stereocenters. The summed E-state index contributed by atoms with van der Waals surface area (Å²) in [4.78, 5) is 16.1. The van der Waals surface area contributed by atoms with Crippen LogP contribution in [0.1, 0.15) is 48.7 Å². The zero-order valence-corrected chi connectivity index (χ0v) is 12.8. The van der Waals surface area contributed by atoms with E-state index in [0.29, 0.717) is 5.76 Å². The molecule has 0 spiro atoms. The van der Waals surface area contributed by atoms with Crippen LogP contribution in [0.2, 0.25) is 0 Å². The number of hydrogen-bond acceptors (Lipinski definition) is 4. The van der Waals surface area contributed by atoms with E-state index in [2.05, 4.69) is 22.1 Å². The van der Waals surface area contributed by atoms with Gasteiger partial charge in [0.2, 0.25) is 0 Å². The number of furan rings is 1. The normalized spacial score (nSPS) is 12.2. The Morgan fingerprint density at radius 3 is 2.82 bits per heavy atom. The zero-order valence-electron chi connectivity index (χ0n) is 12.8. The van der Waals surface area contributed by atoms with E-state index >= 15 is 0 Å². The summed E-state index contributed by atoms with van der Waals surface area (Å²) in [5.41, 5.74) is -0.200. The second-order valence-electron chi connectivity index (χ2n) is 5.45. The summed E-state index contributed by atoms with van der Waals surface area (Å²) in [6.45, 7) is 5.02. The van der Waals surface area contributed by atoms with Crippen molar-refractivity contribution >= 4 is 5.91 Å². The quantitative estimate of drug-likeness (QED) is 0.853. The number of aromatic nitrogens is 1. The summed E-state index contributed by atoms with van der Waals surface area (Å²) in [5, 5.41) is 12.4. The van der Waals surface area contributed by atoms with Crippen LogP contribution < -0.4 is 5.32 Å². The second kappa shape index (κ2) is 6.46. The molecule has 0 bridgehead atoms. The van der Waals surface area contributed by atoms with Crippen molar-refractivity contribution in [2.75, 3.05) is 0 Å². The highest BCUT2D eigenvalue weighted by molar-refractivity contribution is 5.91. The lowest BCUT2D eigenvalue weighted by atomic mass is 10.1. The Hall–Kier alpha value is -2.58. The second-order valence-corrected chi connectivity index (χ2v) is 5.45. The van der Waals surface area contributed by atoms with Gasteiger partial charge in [0, 0.05) is 12.4 Å². The first-order chi connectivity index (χ1) is 10.3. The van der Waals surface area contributed by atoms with Gasteiger partial charge in [-0.25, -0.2) is 0 Å². The Kier molecular flexibility index (Phi) is 4.64. The predicted molar refractivity (Wildman–Crippen MR) is 82.0 cm³/mol. The third-order valence-corrected chi connectivity index (χ3v) is 2.85. The standard InChI is InChI=1S/C17H18N2O3/c1-12(13-5-4-10-18-11-13)19-16(20)15-7-6-14(22-15)8-9-17(2,3)21/h4-7,10-12,21H,1-3H3,(H,19,20). The molecule has 2 heterocycles. The molecule has 0 aliphatic rings. The monoisotopic (exact) mass is 298 g/mol. The van der Waals surface area contributed by atoms with Gasteiger partial charge in [0.15, 0.2) is 11.5 Å². The van der Waals surface area contributed by atoms with E-state index in [9.17, 15) is 9.90 Å². The smallest absolute Gasteiger partial charge is 0.287 e. The third-order valence-electron chi connectivity index (χ3n) is 2.85. The van der Waals surface area contributed by atoms with E-state index in [1.807, 2.05) is 19.1 Å². The first-order valence-corrected chi connectivity index (χ1v) is 6.91. The minimum atomic E-state index is -1.11. The van der Waals surface area contributed by atoms with Crippen LogP contribution >= 0.6 is 0 Å². The number of nitrogens with zero attached hydrogens (tertiary/aromatic N) is 1. The molecule has 2 aromatic rings. The summed E-state index contributed by atoms with van der Waals surface area (Å²) in [6, 6.07) is 6.68. The molecule has 22 heavy (non-hydrogen) atoms. The Morgan fingerprint density at radius 2 is 2.18 bits per heavy atom. The van der Waals surface area contributed by atoms with Crippen LogP contribution in [0.5, 0.6) is 0 Å². The van der Waals surface area contributed by atoms with E-state index in [4.69, 9.17) is 4.42 Å². The molecule has 2 N–H and O–H groups in total. The highest BCUT2D eigenvalue weighted by Crippen LogP contribution is 2.13. The Balaban J connectivity index is 2.04. The van der Waals surface area contributed by atoms with Crippen molar-refractivity contribution in [3.05, 3.63) is 53.7 Å². The fourth-order valence-corrected chi connectivity index (χ4v) is 1.72. The van der Waals surface area contributed by atoms with Crippen LogP contribution in [0.3, 0.4) is 0 Å². The van der Waals surface area contributed by atoms with Gasteiger partial charge < -0.3 is 14.8 Å². The lowest BCUT2D eigenvalue weighted by Gasteiger charge is -2.12. The number of pyridine rings is 1. The number of carbonyl (C=O) groups excluding carboxylic acids is 1. The molecule has 0 saturated heterocycles. The minimum absolute atomic E-state index is 0.177. The van der Waals surface area contributed by atoms with Crippen LogP contribution in [0.15, 0.2) is 41.1 Å². The summed E-state index contributed by atoms with van der Waals surface area (Å²) in [6.07, 6.45) is 3.38. The maximum atomic E-state index is 12.1. The zero-order chi connectivity index (χ0) is 16.2. The van der Waals surface area contributed by atoms with Gasteiger partial charge in [-0.15, -0.1) is 0 Å². The molecule has 5 heteroatoms. The first-order valence-electron chi connectivity index (χ1n) is 6.91. The molecule has 0 aliphatic carbocycles. The fourth-order valence-electron chi connectivity index (χ4n) is 1.72. The predicted octanol–water partition coefficient (Wildman–Crippen LogP) is 2.29. The van der Waals surface area contributed by atoms with Crippen LogP contribution in [0, 0.1) is 11.8 Å². The van der Waals surface area contributed by atoms with Crippen molar-refractivity contribution in [2.24, 2.45) is 0 Å². The average Bonchev–Trinajstić information content (AvgIpc) is 2.94. The molecule has 0 radical (unpaired) electrons. The third kappa shape index (κ3) is 4.47. The van der Waals surface area contributed by atoms with Gasteiger partial charge in [0.05, 0.1) is 6.04 Å². The van der Waals surface area contributed by atoms with Gasteiger partial charge in [-0.2, -0.15) is 0 Å². The molecule has 2 aromatic heterocycles. The maximum Gasteiger partial charge on any atom is 0.287 e. The molecule has 1 unspecified atom stereocenters. The number of carbonyl (C=O) groups is 1. The van der Waals surface area contributed by atoms with E-state index < -0.39 is 5.60 Å². The van der Waals surface area contributed by atoms with E-state index in [0.717, 1.165) is 5.56 Å². The fraction of sp³-hybridized carbons (Fsp3) is 0.294. The lowest BCUT2D eigenvalue weighted by molar-refractivity contribution is 0.0911. The van der Waals surface area contributed by atoms with Crippen LogP contribution in [-0.4, -0.2) is 21.6 Å². The van der Waals surface area contributed by atoms with E-state index in [-0.39, 0.29) is 17.7 Å². The number of rotatable bonds is 3. The number of nitrogens with one attached hydrogen (secondary N) is 1. The van der Waals surface area contributed by atoms with Crippen molar-refractivity contribution in [2.45, 2.75) is 32.4 Å². The number of amides is 1. The van der Waals surface area contributed by atoms with Crippen LogP contribution in [-0.2, 0) is 0 Å². The van der Waals surface area contributed by atoms with Crippen LogP contribution in [0.25, 0.3) is 0 Å².